The van der Waals surface area contributed by atoms with Crippen LogP contribution in [0.2, 0.25) is 0 Å². The van der Waals surface area contributed by atoms with Gasteiger partial charge in [-0.2, -0.15) is 8.42 Å². The number of hydrogen-bond acceptors (Lipinski definition) is 3. The Morgan fingerprint density at radius 3 is 2.44 bits per heavy atom. The molecule has 0 saturated carbocycles. The SMILES string of the molecule is COc1ccc(CCCC(Cl)=S(=O)=O)cc1. The number of hydrogen-bond donors (Lipinski definition) is 0. The fourth-order valence-corrected chi connectivity index (χ4v) is 1.75. The zero-order chi connectivity index (χ0) is 12.0. The molecule has 5 heteroatoms. The summed E-state index contributed by atoms with van der Waals surface area (Å²) < 4.78 is 25.9. The number of rotatable bonds is 5. The van der Waals surface area contributed by atoms with Crippen LogP contribution in [-0.4, -0.2) is 19.9 Å². The maximum Gasteiger partial charge on any atom is 0.228 e. The molecule has 0 N–H and O–H groups in total. The predicted molar refractivity (Wildman–Crippen MR) is 65.7 cm³/mol. The molecule has 0 aromatic heterocycles. The number of benzene rings is 1. The zero-order valence-corrected chi connectivity index (χ0v) is 10.5. The van der Waals surface area contributed by atoms with Crippen molar-refractivity contribution in [3.63, 3.8) is 0 Å². The van der Waals surface area contributed by atoms with Gasteiger partial charge >= 0.3 is 0 Å². The molecule has 0 amide bonds. The highest BCUT2D eigenvalue weighted by Crippen LogP contribution is 2.13. The lowest BCUT2D eigenvalue weighted by atomic mass is 10.1. The van der Waals surface area contributed by atoms with Crippen molar-refractivity contribution >= 4 is 26.2 Å². The summed E-state index contributed by atoms with van der Waals surface area (Å²) in [5.74, 6) is 0.814. The lowest BCUT2D eigenvalue weighted by molar-refractivity contribution is 0.414. The van der Waals surface area contributed by atoms with Gasteiger partial charge in [0.25, 0.3) is 0 Å². The van der Waals surface area contributed by atoms with Crippen molar-refractivity contribution in [3.8, 4) is 5.75 Å². The van der Waals surface area contributed by atoms with Gasteiger partial charge in [0, 0.05) is 0 Å². The van der Waals surface area contributed by atoms with Crippen molar-refractivity contribution in [1.29, 1.82) is 0 Å². The van der Waals surface area contributed by atoms with E-state index in [-0.39, 0.29) is 4.32 Å². The summed E-state index contributed by atoms with van der Waals surface area (Å²) in [6, 6.07) is 7.68. The predicted octanol–water partition coefficient (Wildman–Crippen LogP) is 2.27. The topological polar surface area (TPSA) is 43.4 Å². The van der Waals surface area contributed by atoms with Crippen LogP contribution in [0.15, 0.2) is 24.3 Å². The summed E-state index contributed by atoms with van der Waals surface area (Å²) in [5.41, 5.74) is 1.14. The van der Waals surface area contributed by atoms with E-state index in [0.29, 0.717) is 6.42 Å². The number of methoxy groups -OCH3 is 1. The molecule has 1 aromatic carbocycles. The lowest BCUT2D eigenvalue weighted by Crippen LogP contribution is -1.92. The van der Waals surface area contributed by atoms with Crippen molar-refractivity contribution in [3.05, 3.63) is 29.8 Å². The Morgan fingerprint density at radius 1 is 1.31 bits per heavy atom. The Labute approximate surface area is 102 Å². The average Bonchev–Trinajstić information content (AvgIpc) is 2.29. The van der Waals surface area contributed by atoms with E-state index in [1.807, 2.05) is 24.3 Å². The van der Waals surface area contributed by atoms with E-state index >= 15 is 0 Å². The maximum atomic E-state index is 10.4. The van der Waals surface area contributed by atoms with Gasteiger partial charge in [-0.25, -0.2) is 0 Å². The van der Waals surface area contributed by atoms with Gasteiger partial charge in [-0.05, 0) is 37.0 Å². The van der Waals surface area contributed by atoms with Gasteiger partial charge in [-0.15, -0.1) is 0 Å². The molecule has 0 heterocycles. The molecule has 0 bridgehead atoms. The van der Waals surface area contributed by atoms with Gasteiger partial charge in [0.05, 0.1) is 7.11 Å². The van der Waals surface area contributed by atoms with E-state index in [9.17, 15) is 8.42 Å². The summed E-state index contributed by atoms with van der Waals surface area (Å²) in [4.78, 5) is 0. The highest BCUT2D eigenvalue weighted by molar-refractivity contribution is 7.76. The minimum atomic E-state index is -2.26. The van der Waals surface area contributed by atoms with Gasteiger partial charge in [-0.3, -0.25) is 0 Å². The summed E-state index contributed by atoms with van der Waals surface area (Å²) in [7, 11) is -0.643. The third kappa shape index (κ3) is 4.24. The van der Waals surface area contributed by atoms with Crippen molar-refractivity contribution in [1.82, 2.24) is 0 Å². The van der Waals surface area contributed by atoms with Crippen LogP contribution in [0.1, 0.15) is 18.4 Å². The van der Waals surface area contributed by atoms with E-state index in [4.69, 9.17) is 16.3 Å². The first kappa shape index (κ1) is 13.1. The molecule has 0 aliphatic carbocycles. The number of ether oxygens (including phenoxy) is 1. The molecule has 3 nitrogen and oxygen atoms in total. The Morgan fingerprint density at radius 2 is 1.94 bits per heavy atom. The highest BCUT2D eigenvalue weighted by Gasteiger charge is 1.99. The molecule has 88 valence electrons. The van der Waals surface area contributed by atoms with Crippen LogP contribution in [0.5, 0.6) is 5.75 Å². The average molecular weight is 261 g/mol. The fraction of sp³-hybridized carbons (Fsp3) is 0.364. The summed E-state index contributed by atoms with van der Waals surface area (Å²) in [6.45, 7) is 0. The Bertz CT molecular complexity index is 455. The highest BCUT2D eigenvalue weighted by atomic mass is 35.5. The van der Waals surface area contributed by atoms with E-state index < -0.39 is 10.3 Å². The minimum Gasteiger partial charge on any atom is -0.497 e. The molecule has 0 atom stereocenters. The van der Waals surface area contributed by atoms with Crippen LogP contribution in [0.3, 0.4) is 0 Å². The normalized spacial score (nSPS) is 9.88. The smallest absolute Gasteiger partial charge is 0.228 e. The summed E-state index contributed by atoms with van der Waals surface area (Å²) in [5, 5.41) is 0. The van der Waals surface area contributed by atoms with Crippen LogP contribution in [-0.2, 0) is 16.7 Å². The van der Waals surface area contributed by atoms with Crippen molar-refractivity contribution in [2.45, 2.75) is 19.3 Å². The van der Waals surface area contributed by atoms with Crippen molar-refractivity contribution in [2.75, 3.05) is 7.11 Å². The van der Waals surface area contributed by atoms with Gasteiger partial charge < -0.3 is 4.74 Å². The van der Waals surface area contributed by atoms with Gasteiger partial charge in [0.1, 0.15) is 10.1 Å². The largest absolute Gasteiger partial charge is 0.497 e. The molecule has 0 saturated heterocycles. The third-order valence-corrected chi connectivity index (χ3v) is 3.31. The van der Waals surface area contributed by atoms with E-state index in [1.54, 1.807) is 7.11 Å². The number of halogens is 1. The lowest BCUT2D eigenvalue weighted by Gasteiger charge is -2.02. The van der Waals surface area contributed by atoms with Crippen molar-refractivity contribution in [2.24, 2.45) is 0 Å². The fourth-order valence-electron chi connectivity index (χ4n) is 1.31. The monoisotopic (exact) mass is 260 g/mol. The van der Waals surface area contributed by atoms with E-state index in [2.05, 4.69) is 0 Å². The van der Waals surface area contributed by atoms with E-state index in [0.717, 1.165) is 24.2 Å². The molecule has 16 heavy (non-hydrogen) atoms. The van der Waals surface area contributed by atoms with Crippen LogP contribution in [0.25, 0.3) is 0 Å². The molecule has 0 fully saturated rings. The molecular weight excluding hydrogens is 248 g/mol. The molecule has 1 aromatic rings. The first-order valence-electron chi connectivity index (χ1n) is 4.87. The molecule has 1 rings (SSSR count). The van der Waals surface area contributed by atoms with Crippen LogP contribution in [0.4, 0.5) is 0 Å². The van der Waals surface area contributed by atoms with E-state index in [1.165, 1.54) is 0 Å². The Kier molecular flexibility index (Phi) is 5.35. The Balaban J connectivity index is 2.46. The second kappa shape index (κ2) is 6.55. The molecule has 0 aliphatic heterocycles. The Hall–Kier alpha value is -1.00. The molecular formula is C11H13ClO3S. The second-order valence-corrected chi connectivity index (χ2v) is 4.93. The summed E-state index contributed by atoms with van der Waals surface area (Å²) >= 11 is 5.51. The first-order chi connectivity index (χ1) is 7.63. The summed E-state index contributed by atoms with van der Waals surface area (Å²) in [6.07, 6.45) is 1.92. The van der Waals surface area contributed by atoms with Gasteiger partial charge in [0.2, 0.25) is 10.3 Å². The van der Waals surface area contributed by atoms with Gasteiger partial charge in [0.15, 0.2) is 0 Å². The maximum absolute atomic E-state index is 10.4. The molecule has 0 spiro atoms. The van der Waals surface area contributed by atoms with Crippen LogP contribution in [0, 0.1) is 0 Å². The zero-order valence-electron chi connectivity index (χ0n) is 8.94. The molecule has 0 radical (unpaired) electrons. The quantitative estimate of drug-likeness (QED) is 0.603. The van der Waals surface area contributed by atoms with Crippen LogP contribution >= 0.6 is 11.6 Å². The number of aryl methyl sites for hydroxylation is 1. The molecule has 0 unspecified atom stereocenters. The minimum absolute atomic E-state index is 0.00601. The van der Waals surface area contributed by atoms with Gasteiger partial charge in [-0.1, -0.05) is 23.7 Å². The third-order valence-electron chi connectivity index (χ3n) is 2.18. The van der Waals surface area contributed by atoms with Crippen molar-refractivity contribution < 1.29 is 13.2 Å². The second-order valence-electron chi connectivity index (χ2n) is 3.29. The molecule has 0 aliphatic rings. The first-order valence-corrected chi connectivity index (χ1v) is 6.32. The standard InChI is InChI=1S/C11H13ClO3S/c1-15-10-7-5-9(6-8-10)3-2-4-11(12)16(13)14/h5-8H,2-4H2,1H3. The van der Waals surface area contributed by atoms with Crippen LogP contribution < -0.4 is 4.74 Å².